The van der Waals surface area contributed by atoms with Crippen molar-refractivity contribution >= 4 is 50.6 Å². The Morgan fingerprint density at radius 1 is 1.32 bits per heavy atom. The number of anilines is 1. The summed E-state index contributed by atoms with van der Waals surface area (Å²) >= 11 is 2.99. The molecule has 1 amide bonds. The fourth-order valence-electron chi connectivity index (χ4n) is 3.23. The molecule has 8 nitrogen and oxygen atoms in total. The number of phenolic OH excluding ortho intramolecular Hbond substituents is 1. The minimum atomic E-state index is -0.582. The molecule has 0 unspecified atom stereocenters. The van der Waals surface area contributed by atoms with E-state index in [-0.39, 0.29) is 28.8 Å². The molecule has 2 N–H and O–H groups in total. The largest absolute Gasteiger partial charge is 0.506 e. The van der Waals surface area contributed by atoms with E-state index in [1.807, 2.05) is 0 Å². The van der Waals surface area contributed by atoms with Crippen LogP contribution in [0.3, 0.4) is 0 Å². The molecule has 1 aliphatic carbocycles. The molecule has 0 atom stereocenters. The molecule has 0 bridgehead atoms. The molecular formula is C18H16N4O4S2. The first-order valence-corrected chi connectivity index (χ1v) is 10.5. The zero-order valence-corrected chi connectivity index (χ0v) is 16.3. The second-order valence-corrected chi connectivity index (χ2v) is 8.41. The number of aryl methyl sites for hydroxylation is 2. The third-order valence-corrected chi connectivity index (χ3v) is 6.71. The van der Waals surface area contributed by atoms with Crippen molar-refractivity contribution in [1.82, 2.24) is 9.97 Å². The number of hydrogen-bond donors (Lipinski definition) is 2. The van der Waals surface area contributed by atoms with Crippen LogP contribution in [-0.2, 0) is 17.6 Å². The number of non-ortho nitro benzene ring substituents is 1. The van der Waals surface area contributed by atoms with Gasteiger partial charge in [-0.2, -0.15) is 0 Å². The number of benzene rings is 1. The van der Waals surface area contributed by atoms with Crippen molar-refractivity contribution in [3.05, 3.63) is 45.1 Å². The maximum atomic E-state index is 12.3. The van der Waals surface area contributed by atoms with Crippen LogP contribution in [-0.4, -0.2) is 31.7 Å². The first kappa shape index (κ1) is 18.6. The summed E-state index contributed by atoms with van der Waals surface area (Å²) in [5.41, 5.74) is 1.11. The quantitative estimate of drug-likeness (QED) is 0.213. The van der Waals surface area contributed by atoms with Crippen LogP contribution in [0.2, 0.25) is 0 Å². The van der Waals surface area contributed by atoms with E-state index in [2.05, 4.69) is 15.3 Å². The highest BCUT2D eigenvalue weighted by Crippen LogP contribution is 2.39. The Bertz CT molecular complexity index is 1080. The van der Waals surface area contributed by atoms with Gasteiger partial charge in [-0.3, -0.25) is 14.9 Å². The molecule has 1 aliphatic rings. The van der Waals surface area contributed by atoms with Crippen LogP contribution in [0.15, 0.2) is 29.6 Å². The number of rotatable bonds is 5. The molecule has 0 spiro atoms. The van der Waals surface area contributed by atoms with Gasteiger partial charge in [0.1, 0.15) is 21.9 Å². The molecule has 144 valence electrons. The molecule has 2 heterocycles. The average Bonchev–Trinajstić information content (AvgIpc) is 3.07. The molecule has 4 rings (SSSR count). The summed E-state index contributed by atoms with van der Waals surface area (Å²) in [5, 5.41) is 25.0. The van der Waals surface area contributed by atoms with Crippen molar-refractivity contribution in [2.75, 3.05) is 11.1 Å². The van der Waals surface area contributed by atoms with Crippen molar-refractivity contribution in [3.63, 3.8) is 0 Å². The van der Waals surface area contributed by atoms with Gasteiger partial charge in [-0.1, -0.05) is 11.8 Å². The minimum absolute atomic E-state index is 0.0144. The van der Waals surface area contributed by atoms with Crippen LogP contribution in [0.4, 0.5) is 11.4 Å². The van der Waals surface area contributed by atoms with Gasteiger partial charge in [0, 0.05) is 22.4 Å². The molecule has 0 saturated carbocycles. The normalized spacial score (nSPS) is 13.3. The lowest BCUT2D eigenvalue weighted by Crippen LogP contribution is -2.14. The van der Waals surface area contributed by atoms with Gasteiger partial charge >= 0.3 is 0 Å². The topological polar surface area (TPSA) is 118 Å². The third-order valence-electron chi connectivity index (χ3n) is 4.52. The number of fused-ring (bicyclic) bond motifs is 3. The predicted molar refractivity (Wildman–Crippen MR) is 108 cm³/mol. The zero-order valence-electron chi connectivity index (χ0n) is 14.7. The summed E-state index contributed by atoms with van der Waals surface area (Å²) in [4.78, 5) is 33.7. The van der Waals surface area contributed by atoms with E-state index in [9.17, 15) is 20.0 Å². The highest BCUT2D eigenvalue weighted by atomic mass is 32.2. The number of nitrogens with one attached hydrogen (secondary N) is 1. The molecule has 3 aromatic rings. The van der Waals surface area contributed by atoms with E-state index in [4.69, 9.17) is 0 Å². The van der Waals surface area contributed by atoms with Gasteiger partial charge in [0.05, 0.1) is 16.4 Å². The Morgan fingerprint density at radius 3 is 2.96 bits per heavy atom. The Labute approximate surface area is 168 Å². The smallest absolute Gasteiger partial charge is 0.271 e. The Balaban J connectivity index is 1.51. The Hall–Kier alpha value is -2.72. The lowest BCUT2D eigenvalue weighted by Gasteiger charge is -2.11. The maximum absolute atomic E-state index is 12.3. The van der Waals surface area contributed by atoms with E-state index < -0.39 is 4.92 Å². The Morgan fingerprint density at radius 2 is 2.14 bits per heavy atom. The molecule has 2 aromatic heterocycles. The first-order chi connectivity index (χ1) is 13.5. The van der Waals surface area contributed by atoms with Crippen molar-refractivity contribution in [3.8, 4) is 5.75 Å². The van der Waals surface area contributed by atoms with Gasteiger partial charge in [0.2, 0.25) is 5.91 Å². The molecule has 0 radical (unpaired) electrons. The number of thioether (sulfide) groups is 1. The standard InChI is InChI=1S/C18H16N4O4S2/c23-13-6-5-10(22(25)26)7-12(13)21-15(24)8-27-17-16-11-3-1-2-4-14(11)28-18(16)20-9-19-17/h5-7,9,23H,1-4,8H2,(H,21,24). The molecular weight excluding hydrogens is 400 g/mol. The number of amides is 1. The second-order valence-electron chi connectivity index (χ2n) is 6.37. The van der Waals surface area contributed by atoms with Crippen molar-refractivity contribution in [2.24, 2.45) is 0 Å². The SMILES string of the molecule is O=C(CSc1ncnc2sc3c(c12)CCCC3)Nc1cc([N+](=O)[O-])ccc1O. The van der Waals surface area contributed by atoms with Gasteiger partial charge in [-0.25, -0.2) is 9.97 Å². The summed E-state index contributed by atoms with van der Waals surface area (Å²) in [6, 6.07) is 3.50. The summed E-state index contributed by atoms with van der Waals surface area (Å²) < 4.78 is 0. The van der Waals surface area contributed by atoms with Gasteiger partial charge in [0.15, 0.2) is 0 Å². The van der Waals surface area contributed by atoms with Gasteiger partial charge in [-0.15, -0.1) is 11.3 Å². The van der Waals surface area contributed by atoms with E-state index >= 15 is 0 Å². The number of carbonyl (C=O) groups is 1. The van der Waals surface area contributed by atoms with E-state index in [1.54, 1.807) is 11.3 Å². The lowest BCUT2D eigenvalue weighted by atomic mass is 9.97. The molecule has 28 heavy (non-hydrogen) atoms. The highest BCUT2D eigenvalue weighted by molar-refractivity contribution is 8.00. The highest BCUT2D eigenvalue weighted by Gasteiger charge is 2.20. The molecule has 1 aromatic carbocycles. The number of aromatic nitrogens is 2. The zero-order chi connectivity index (χ0) is 19.7. The fraction of sp³-hybridized carbons (Fsp3) is 0.278. The molecule has 0 aliphatic heterocycles. The first-order valence-electron chi connectivity index (χ1n) is 8.68. The van der Waals surface area contributed by atoms with Gasteiger partial charge in [-0.05, 0) is 37.3 Å². The van der Waals surface area contributed by atoms with E-state index in [0.29, 0.717) is 0 Å². The number of nitro benzene ring substituents is 1. The van der Waals surface area contributed by atoms with Crippen LogP contribution in [0, 0.1) is 10.1 Å². The summed E-state index contributed by atoms with van der Waals surface area (Å²) in [7, 11) is 0. The summed E-state index contributed by atoms with van der Waals surface area (Å²) in [5.74, 6) is -0.532. The second kappa shape index (κ2) is 7.72. The van der Waals surface area contributed by atoms with Gasteiger partial charge in [0.25, 0.3) is 5.69 Å². The third kappa shape index (κ3) is 3.65. The molecule has 0 saturated heterocycles. The van der Waals surface area contributed by atoms with Crippen LogP contribution in [0.25, 0.3) is 10.2 Å². The number of aromatic hydroxyl groups is 1. The lowest BCUT2D eigenvalue weighted by molar-refractivity contribution is -0.384. The fourth-order valence-corrected chi connectivity index (χ4v) is 5.35. The minimum Gasteiger partial charge on any atom is -0.506 e. The number of nitrogens with zero attached hydrogens (tertiary/aromatic N) is 3. The molecule has 10 heteroatoms. The van der Waals surface area contributed by atoms with Crippen molar-refractivity contribution < 1.29 is 14.8 Å². The monoisotopic (exact) mass is 416 g/mol. The van der Waals surface area contributed by atoms with Crippen molar-refractivity contribution in [2.45, 2.75) is 30.7 Å². The van der Waals surface area contributed by atoms with E-state index in [0.717, 1.165) is 40.6 Å². The van der Waals surface area contributed by atoms with Crippen molar-refractivity contribution in [1.29, 1.82) is 0 Å². The average molecular weight is 416 g/mol. The summed E-state index contributed by atoms with van der Waals surface area (Å²) in [6.07, 6.45) is 5.91. The van der Waals surface area contributed by atoms with E-state index in [1.165, 1.54) is 47.1 Å². The predicted octanol–water partition coefficient (Wildman–Crippen LogP) is 3.91. The number of thiophene rings is 1. The van der Waals surface area contributed by atoms with Crippen LogP contribution < -0.4 is 5.32 Å². The van der Waals surface area contributed by atoms with Crippen LogP contribution >= 0.6 is 23.1 Å². The number of nitro groups is 1. The summed E-state index contributed by atoms with van der Waals surface area (Å²) in [6.45, 7) is 0. The number of carbonyl (C=O) groups excluding carboxylic acids is 1. The van der Waals surface area contributed by atoms with Crippen LogP contribution in [0.5, 0.6) is 5.75 Å². The maximum Gasteiger partial charge on any atom is 0.271 e. The molecule has 0 fully saturated rings. The number of hydrogen-bond acceptors (Lipinski definition) is 8. The Kier molecular flexibility index (Phi) is 5.14. The van der Waals surface area contributed by atoms with Gasteiger partial charge < -0.3 is 10.4 Å². The van der Waals surface area contributed by atoms with Crippen LogP contribution in [0.1, 0.15) is 23.3 Å². The number of phenols is 1.